The van der Waals surface area contributed by atoms with Crippen LogP contribution in [0.25, 0.3) is 81.8 Å². The number of fused-ring (bicyclic) bond motifs is 7. The van der Waals surface area contributed by atoms with Crippen molar-refractivity contribution in [2.75, 3.05) is 0 Å². The highest BCUT2D eigenvalue weighted by Gasteiger charge is 2.20. The Morgan fingerprint density at radius 1 is 0.500 bits per heavy atom. The first kappa shape index (κ1) is 16.8. The van der Waals surface area contributed by atoms with Crippen molar-refractivity contribution in [3.63, 3.8) is 0 Å². The summed E-state index contributed by atoms with van der Waals surface area (Å²) in [6.45, 7) is 0. The van der Waals surface area contributed by atoms with E-state index in [0.29, 0.717) is 11.1 Å². The monoisotopic (exact) mass is 590 g/mol. The molecule has 0 unspecified atom stereocenters. The van der Waals surface area contributed by atoms with Gasteiger partial charge in [0, 0.05) is 42.1 Å². The molecular formula is C39H24N4S. The molecule has 0 fully saturated rings. The van der Waals surface area contributed by atoms with Gasteiger partial charge in [-0.2, -0.15) is 9.97 Å². The van der Waals surface area contributed by atoms with E-state index >= 15 is 0 Å². The van der Waals surface area contributed by atoms with Gasteiger partial charge in [-0.3, -0.25) is 4.57 Å². The van der Waals surface area contributed by atoms with Crippen molar-refractivity contribution in [1.29, 1.82) is 0 Å². The van der Waals surface area contributed by atoms with Crippen molar-refractivity contribution in [3.8, 4) is 39.9 Å². The molecule has 9 aromatic rings. The SMILES string of the molecule is [2H]c1c([2H])c([2H])c2c(sc3c([2H])c([2H])c4c(c5c([2H])c([2H])c([2H])c([2H])c5n4-c4nc(-c5ccccc5)nc(-c5cccc(-c6ccccc6)c5)n4)c32)c1[2H]. The second kappa shape index (κ2) is 9.97. The molecule has 206 valence electrons. The Kier molecular flexibility index (Phi) is 3.82. The molecule has 3 heterocycles. The molecule has 0 amide bonds. The van der Waals surface area contributed by atoms with E-state index in [1.54, 1.807) is 0 Å². The second-order valence-corrected chi connectivity index (χ2v) is 11.2. The first-order valence-electron chi connectivity index (χ1n) is 18.8. The Morgan fingerprint density at radius 2 is 1.16 bits per heavy atom. The summed E-state index contributed by atoms with van der Waals surface area (Å²) < 4.78 is 90.4. The number of hydrogen-bond acceptors (Lipinski definition) is 4. The Hall–Kier alpha value is -5.65. The maximum absolute atomic E-state index is 9.41. The molecule has 0 bridgehead atoms. The maximum atomic E-state index is 9.41. The molecule has 6 aromatic carbocycles. The summed E-state index contributed by atoms with van der Waals surface area (Å²) in [6.07, 6.45) is 0. The number of nitrogens with zero attached hydrogens (tertiary/aromatic N) is 4. The van der Waals surface area contributed by atoms with Crippen molar-refractivity contribution >= 4 is 53.3 Å². The van der Waals surface area contributed by atoms with E-state index in [9.17, 15) is 4.11 Å². The van der Waals surface area contributed by atoms with Crippen LogP contribution < -0.4 is 0 Å². The van der Waals surface area contributed by atoms with Crippen LogP contribution in [-0.2, 0) is 0 Å². The minimum absolute atomic E-state index is 0.00388. The molecule has 0 aliphatic carbocycles. The van der Waals surface area contributed by atoms with Crippen molar-refractivity contribution in [3.05, 3.63) is 145 Å². The van der Waals surface area contributed by atoms with Gasteiger partial charge in [0.15, 0.2) is 11.6 Å². The lowest BCUT2D eigenvalue weighted by Gasteiger charge is -2.11. The average molecular weight is 591 g/mol. The van der Waals surface area contributed by atoms with Crippen molar-refractivity contribution in [2.45, 2.75) is 0 Å². The first-order chi connectivity index (χ1) is 26.0. The Bertz CT molecular complexity index is 3060. The molecule has 4 nitrogen and oxygen atoms in total. The van der Waals surface area contributed by atoms with Crippen LogP contribution in [0.15, 0.2) is 145 Å². The molecule has 0 saturated carbocycles. The standard InChI is InChI=1S/C39H24N4S/c1-3-12-25(13-4-1)27-16-11-17-28(24-27)38-40-37(26-14-5-2-6-15-26)41-39(42-38)43-31-20-9-7-18-29(31)35-32(43)22-23-34-36(35)30-19-8-10-21-33(30)44-34/h1-24H/i7D,8D,9D,10D,18D,19D,20D,21D,22D,23D. The molecule has 0 saturated heterocycles. The molecule has 3 aromatic heterocycles. The highest BCUT2D eigenvalue weighted by Crippen LogP contribution is 2.43. The van der Waals surface area contributed by atoms with Crippen LogP contribution in [0.2, 0.25) is 0 Å². The van der Waals surface area contributed by atoms with E-state index in [2.05, 4.69) is 0 Å². The number of hydrogen-bond donors (Lipinski definition) is 0. The fourth-order valence-electron chi connectivity index (χ4n) is 5.60. The average Bonchev–Trinajstić information content (AvgIpc) is 3.78. The molecule has 0 spiro atoms. The van der Waals surface area contributed by atoms with Gasteiger partial charge in [0.1, 0.15) is 0 Å². The third-order valence-electron chi connectivity index (χ3n) is 7.56. The van der Waals surface area contributed by atoms with E-state index in [-0.39, 0.29) is 83.7 Å². The Balaban J connectivity index is 1.48. The van der Waals surface area contributed by atoms with Crippen LogP contribution in [0, 0.1) is 0 Å². The lowest BCUT2D eigenvalue weighted by Crippen LogP contribution is -2.06. The van der Waals surface area contributed by atoms with E-state index in [1.165, 1.54) is 4.57 Å². The highest BCUT2D eigenvalue weighted by molar-refractivity contribution is 7.26. The van der Waals surface area contributed by atoms with Gasteiger partial charge >= 0.3 is 0 Å². The zero-order chi connectivity index (χ0) is 37.7. The van der Waals surface area contributed by atoms with Crippen LogP contribution in [0.5, 0.6) is 0 Å². The predicted molar refractivity (Wildman–Crippen MR) is 183 cm³/mol. The van der Waals surface area contributed by atoms with Gasteiger partial charge in [0.05, 0.1) is 24.7 Å². The smallest absolute Gasteiger partial charge is 0.238 e. The summed E-state index contributed by atoms with van der Waals surface area (Å²) in [5, 5.41) is 0.444. The second-order valence-electron chi connectivity index (χ2n) is 10.1. The fraction of sp³-hybridized carbons (Fsp3) is 0. The van der Waals surface area contributed by atoms with E-state index < -0.39 is 36.3 Å². The maximum Gasteiger partial charge on any atom is 0.238 e. The van der Waals surface area contributed by atoms with Crippen LogP contribution in [0.4, 0.5) is 0 Å². The van der Waals surface area contributed by atoms with Crippen molar-refractivity contribution in [1.82, 2.24) is 19.5 Å². The lowest BCUT2D eigenvalue weighted by atomic mass is 10.0. The zero-order valence-corrected chi connectivity index (χ0v) is 23.6. The summed E-state index contributed by atoms with van der Waals surface area (Å²) >= 11 is 0.950. The van der Waals surface area contributed by atoms with E-state index in [0.717, 1.165) is 22.5 Å². The molecule has 0 atom stereocenters. The molecule has 0 aliphatic rings. The summed E-state index contributed by atoms with van der Waals surface area (Å²) in [5.74, 6) is 0.439. The fourth-order valence-corrected chi connectivity index (χ4v) is 6.57. The number of benzene rings is 6. The number of para-hydroxylation sites is 1. The summed E-state index contributed by atoms with van der Waals surface area (Å²) in [7, 11) is 0. The molecule has 0 radical (unpaired) electrons. The van der Waals surface area contributed by atoms with E-state index in [1.807, 2.05) is 84.9 Å². The molecule has 5 heteroatoms. The molecule has 0 aliphatic heterocycles. The molecule has 44 heavy (non-hydrogen) atoms. The third-order valence-corrected chi connectivity index (χ3v) is 8.58. The zero-order valence-electron chi connectivity index (χ0n) is 32.8. The topological polar surface area (TPSA) is 43.6 Å². The summed E-state index contributed by atoms with van der Waals surface area (Å²) in [5.41, 5.74) is 3.10. The van der Waals surface area contributed by atoms with Gasteiger partial charge < -0.3 is 0 Å². The van der Waals surface area contributed by atoms with Crippen LogP contribution in [-0.4, -0.2) is 19.5 Å². The number of rotatable bonds is 4. The van der Waals surface area contributed by atoms with Gasteiger partial charge in [-0.25, -0.2) is 4.98 Å². The van der Waals surface area contributed by atoms with Gasteiger partial charge in [-0.15, -0.1) is 11.3 Å². The summed E-state index contributed by atoms with van der Waals surface area (Å²) in [4.78, 5) is 14.6. The Labute approximate surface area is 271 Å². The van der Waals surface area contributed by atoms with E-state index in [4.69, 9.17) is 24.5 Å². The van der Waals surface area contributed by atoms with Gasteiger partial charge in [0.2, 0.25) is 5.95 Å². The van der Waals surface area contributed by atoms with Gasteiger partial charge in [-0.1, -0.05) is 115 Å². The van der Waals surface area contributed by atoms with Crippen molar-refractivity contribution < 1.29 is 13.7 Å². The minimum atomic E-state index is -0.532. The number of thiophene rings is 1. The van der Waals surface area contributed by atoms with Crippen LogP contribution in [0.1, 0.15) is 13.7 Å². The minimum Gasteiger partial charge on any atom is -0.278 e. The quantitative estimate of drug-likeness (QED) is 0.205. The molecular weight excluding hydrogens is 557 g/mol. The third kappa shape index (κ3) is 3.94. The van der Waals surface area contributed by atoms with Crippen molar-refractivity contribution in [2.24, 2.45) is 0 Å². The number of aromatic nitrogens is 4. The molecule has 0 N–H and O–H groups in total. The van der Waals surface area contributed by atoms with Gasteiger partial charge in [0.25, 0.3) is 0 Å². The molecule has 9 rings (SSSR count). The largest absolute Gasteiger partial charge is 0.278 e. The van der Waals surface area contributed by atoms with Gasteiger partial charge in [-0.05, 0) is 41.4 Å². The normalized spacial score (nSPS) is 14.8. The van der Waals surface area contributed by atoms with Crippen LogP contribution >= 0.6 is 11.3 Å². The highest BCUT2D eigenvalue weighted by atomic mass is 32.1. The summed E-state index contributed by atoms with van der Waals surface area (Å²) in [6, 6.07) is 22.5. The van der Waals surface area contributed by atoms with Crippen LogP contribution in [0.3, 0.4) is 0 Å². The Morgan fingerprint density at radius 3 is 1.98 bits per heavy atom. The lowest BCUT2D eigenvalue weighted by molar-refractivity contribution is 0.954. The first-order valence-corrected chi connectivity index (χ1v) is 14.6. The predicted octanol–water partition coefficient (Wildman–Crippen LogP) is 10.3.